The quantitative estimate of drug-likeness (QED) is 0.838. The number of hydrogen-bond donors (Lipinski definition) is 1. The minimum absolute atomic E-state index is 0.0299. The van der Waals surface area contributed by atoms with E-state index in [0.29, 0.717) is 25.4 Å². The van der Waals surface area contributed by atoms with Crippen LogP contribution in [0.15, 0.2) is 41.4 Å². The summed E-state index contributed by atoms with van der Waals surface area (Å²) in [5.74, 6) is 0.589. The van der Waals surface area contributed by atoms with E-state index in [-0.39, 0.29) is 17.4 Å². The lowest BCUT2D eigenvalue weighted by molar-refractivity contribution is 0.267. The first-order valence-electron chi connectivity index (χ1n) is 8.33. The van der Waals surface area contributed by atoms with E-state index in [1.165, 1.54) is 11.4 Å². The van der Waals surface area contributed by atoms with Gasteiger partial charge in [0, 0.05) is 31.3 Å². The van der Waals surface area contributed by atoms with Crippen molar-refractivity contribution in [3.05, 3.63) is 42.2 Å². The number of aliphatic hydroxyl groups excluding tert-OH is 1. The van der Waals surface area contributed by atoms with Crippen molar-refractivity contribution >= 4 is 10.0 Å². The van der Waals surface area contributed by atoms with Gasteiger partial charge in [-0.15, -0.1) is 0 Å². The Kier molecular flexibility index (Phi) is 5.41. The molecule has 1 atom stereocenters. The van der Waals surface area contributed by atoms with Crippen LogP contribution in [-0.4, -0.2) is 54.4 Å². The topological polar surface area (TPSA) is 84.7 Å². The number of rotatable bonds is 6. The van der Waals surface area contributed by atoms with Gasteiger partial charge in [0.2, 0.25) is 10.0 Å². The zero-order valence-electron chi connectivity index (χ0n) is 14.2. The van der Waals surface area contributed by atoms with Crippen LogP contribution in [0.3, 0.4) is 0 Å². The van der Waals surface area contributed by atoms with Crippen LogP contribution in [0.5, 0.6) is 5.75 Å². The first kappa shape index (κ1) is 17.9. The third kappa shape index (κ3) is 3.86. The normalized spacial score (nSPS) is 19.0. The average molecular weight is 365 g/mol. The molecule has 1 aliphatic heterocycles. The Balaban J connectivity index is 1.79. The molecule has 3 rings (SSSR count). The molecule has 25 heavy (non-hydrogen) atoms. The minimum Gasteiger partial charge on any atom is -0.497 e. The molecule has 0 unspecified atom stereocenters. The maximum Gasteiger partial charge on any atom is 0.243 e. The van der Waals surface area contributed by atoms with Gasteiger partial charge in [0.25, 0.3) is 0 Å². The molecule has 2 heterocycles. The van der Waals surface area contributed by atoms with Gasteiger partial charge in [0.05, 0.1) is 30.9 Å². The van der Waals surface area contributed by atoms with E-state index in [9.17, 15) is 8.42 Å². The van der Waals surface area contributed by atoms with Crippen LogP contribution in [0.2, 0.25) is 0 Å². The van der Waals surface area contributed by atoms with E-state index < -0.39 is 10.0 Å². The molecular weight excluding hydrogens is 342 g/mol. The highest BCUT2D eigenvalue weighted by Gasteiger charge is 2.32. The highest BCUT2D eigenvalue weighted by Crippen LogP contribution is 2.30. The van der Waals surface area contributed by atoms with Gasteiger partial charge in [0.15, 0.2) is 0 Å². The summed E-state index contributed by atoms with van der Waals surface area (Å²) in [6, 6.07) is 8.46. The lowest BCUT2D eigenvalue weighted by Crippen LogP contribution is -2.39. The summed E-state index contributed by atoms with van der Waals surface area (Å²) < 4.78 is 34.3. The predicted octanol–water partition coefficient (Wildman–Crippen LogP) is 1.45. The molecule has 8 heteroatoms. The largest absolute Gasteiger partial charge is 0.497 e. The summed E-state index contributed by atoms with van der Waals surface area (Å²) in [6.45, 7) is 1.39. The van der Waals surface area contributed by atoms with Gasteiger partial charge >= 0.3 is 0 Å². The fourth-order valence-electron chi connectivity index (χ4n) is 3.13. The van der Waals surface area contributed by atoms with Crippen molar-refractivity contribution in [2.75, 3.05) is 26.8 Å². The SMILES string of the molecule is COc1cccc(S(=O)(=O)N2CCC[C@@H](c3ccn(CCO)n3)C2)c1. The van der Waals surface area contributed by atoms with E-state index in [4.69, 9.17) is 9.84 Å². The van der Waals surface area contributed by atoms with Crippen LogP contribution >= 0.6 is 0 Å². The average Bonchev–Trinajstić information content (AvgIpc) is 3.11. The third-order valence-corrected chi connectivity index (χ3v) is 6.33. The Morgan fingerprint density at radius 3 is 2.96 bits per heavy atom. The summed E-state index contributed by atoms with van der Waals surface area (Å²) >= 11 is 0. The Bertz CT molecular complexity index is 819. The van der Waals surface area contributed by atoms with Gasteiger partial charge < -0.3 is 9.84 Å². The van der Waals surface area contributed by atoms with Crippen LogP contribution in [-0.2, 0) is 16.6 Å². The summed E-state index contributed by atoms with van der Waals surface area (Å²) in [4.78, 5) is 0.248. The second-order valence-corrected chi connectivity index (χ2v) is 8.05. The molecule has 0 aliphatic carbocycles. The number of methoxy groups -OCH3 is 1. The van der Waals surface area contributed by atoms with Gasteiger partial charge in [-0.3, -0.25) is 4.68 Å². The van der Waals surface area contributed by atoms with Gasteiger partial charge in [-0.05, 0) is 31.0 Å². The van der Waals surface area contributed by atoms with Crippen molar-refractivity contribution in [2.45, 2.75) is 30.2 Å². The van der Waals surface area contributed by atoms with E-state index in [1.54, 1.807) is 28.9 Å². The molecule has 0 bridgehead atoms. The molecule has 1 N–H and O–H groups in total. The van der Waals surface area contributed by atoms with Gasteiger partial charge in [-0.1, -0.05) is 6.07 Å². The Morgan fingerprint density at radius 2 is 2.20 bits per heavy atom. The Hall–Kier alpha value is -1.90. The third-order valence-electron chi connectivity index (χ3n) is 4.47. The van der Waals surface area contributed by atoms with Crippen LogP contribution < -0.4 is 4.74 Å². The lowest BCUT2D eigenvalue weighted by atomic mass is 9.96. The van der Waals surface area contributed by atoms with Crippen LogP contribution in [0.1, 0.15) is 24.5 Å². The molecule has 0 amide bonds. The van der Waals surface area contributed by atoms with Crippen molar-refractivity contribution < 1.29 is 18.3 Å². The summed E-state index contributed by atoms with van der Waals surface area (Å²) in [7, 11) is -2.04. The molecule has 1 fully saturated rings. The van der Waals surface area contributed by atoms with Crippen molar-refractivity contribution in [3.63, 3.8) is 0 Å². The molecule has 1 aromatic carbocycles. The number of hydrogen-bond acceptors (Lipinski definition) is 5. The highest BCUT2D eigenvalue weighted by atomic mass is 32.2. The minimum atomic E-state index is -3.56. The van der Waals surface area contributed by atoms with Gasteiger partial charge in [-0.25, -0.2) is 8.42 Å². The first-order valence-corrected chi connectivity index (χ1v) is 9.77. The van der Waals surface area contributed by atoms with E-state index in [0.717, 1.165) is 18.5 Å². The molecule has 0 saturated carbocycles. The smallest absolute Gasteiger partial charge is 0.243 e. The Morgan fingerprint density at radius 1 is 1.36 bits per heavy atom. The van der Waals surface area contributed by atoms with Crippen molar-refractivity contribution in [3.8, 4) is 5.75 Å². The Labute approximate surface area is 147 Å². The summed E-state index contributed by atoms with van der Waals surface area (Å²) in [6.07, 6.45) is 3.52. The van der Waals surface area contributed by atoms with Crippen LogP contribution in [0, 0.1) is 0 Å². The second-order valence-electron chi connectivity index (χ2n) is 6.11. The molecule has 0 spiro atoms. The standard InChI is InChI=1S/C17H23N3O4S/c1-24-15-5-2-6-16(12-15)25(22,23)20-8-3-4-14(13-20)17-7-9-19(18-17)10-11-21/h2,5-7,9,12,14,21H,3-4,8,10-11,13H2,1H3/t14-/m1/s1. The fourth-order valence-corrected chi connectivity index (χ4v) is 4.69. The van der Waals surface area contributed by atoms with Crippen LogP contribution in [0.4, 0.5) is 0 Å². The van der Waals surface area contributed by atoms with Crippen molar-refractivity contribution in [2.24, 2.45) is 0 Å². The molecule has 1 aliphatic rings. The van der Waals surface area contributed by atoms with Crippen molar-refractivity contribution in [1.82, 2.24) is 14.1 Å². The maximum absolute atomic E-state index is 13.0. The van der Waals surface area contributed by atoms with Gasteiger partial charge in [-0.2, -0.15) is 9.40 Å². The monoisotopic (exact) mass is 365 g/mol. The lowest BCUT2D eigenvalue weighted by Gasteiger charge is -2.31. The van der Waals surface area contributed by atoms with Crippen LogP contribution in [0.25, 0.3) is 0 Å². The number of ether oxygens (including phenoxy) is 1. The number of aliphatic hydroxyl groups is 1. The fraction of sp³-hybridized carbons (Fsp3) is 0.471. The van der Waals surface area contributed by atoms with Gasteiger partial charge in [0.1, 0.15) is 5.75 Å². The highest BCUT2D eigenvalue weighted by molar-refractivity contribution is 7.89. The molecule has 2 aromatic rings. The zero-order valence-corrected chi connectivity index (χ0v) is 15.0. The molecule has 136 valence electrons. The summed E-state index contributed by atoms with van der Waals surface area (Å²) in [5.41, 5.74) is 0.874. The molecule has 1 aromatic heterocycles. The second kappa shape index (κ2) is 7.55. The maximum atomic E-state index is 13.0. The number of nitrogens with zero attached hydrogens (tertiary/aromatic N) is 3. The molecule has 7 nitrogen and oxygen atoms in total. The predicted molar refractivity (Wildman–Crippen MR) is 93.0 cm³/mol. The van der Waals surface area contributed by atoms with E-state index in [1.807, 2.05) is 12.3 Å². The summed E-state index contributed by atoms with van der Waals surface area (Å²) in [5, 5.41) is 13.5. The molecule has 0 radical (unpaired) electrons. The number of sulfonamides is 1. The zero-order chi connectivity index (χ0) is 17.9. The van der Waals surface area contributed by atoms with E-state index in [2.05, 4.69) is 5.10 Å². The molecular formula is C17H23N3O4S. The number of piperidine rings is 1. The first-order chi connectivity index (χ1) is 12.0. The molecule has 1 saturated heterocycles. The number of aromatic nitrogens is 2. The van der Waals surface area contributed by atoms with Crippen molar-refractivity contribution in [1.29, 1.82) is 0 Å². The number of benzene rings is 1. The van der Waals surface area contributed by atoms with E-state index >= 15 is 0 Å².